The average Bonchev–Trinajstić information content (AvgIpc) is 3.11. The third-order valence-corrected chi connectivity index (χ3v) is 5.45. The second kappa shape index (κ2) is 5.45. The molecule has 6 heteroatoms. The van der Waals surface area contributed by atoms with E-state index in [4.69, 9.17) is 0 Å². The zero-order chi connectivity index (χ0) is 13.2. The lowest BCUT2D eigenvalue weighted by atomic mass is 9.97. The van der Waals surface area contributed by atoms with E-state index < -0.39 is 15.6 Å². The minimum absolute atomic E-state index is 0.137. The number of rotatable bonds is 7. The minimum Gasteiger partial charge on any atom is -0.388 e. The van der Waals surface area contributed by atoms with Crippen LogP contribution in [0.3, 0.4) is 0 Å². The normalized spacial score (nSPS) is 29.9. The SMILES string of the molecule is CCS(=O)(=O)NCCCN1CCC(O)(C2CC2)C1. The lowest BCUT2D eigenvalue weighted by Crippen LogP contribution is -2.36. The molecule has 1 aliphatic carbocycles. The molecule has 0 aromatic rings. The summed E-state index contributed by atoms with van der Waals surface area (Å²) in [6.07, 6.45) is 4.01. The Hall–Kier alpha value is -0.170. The van der Waals surface area contributed by atoms with E-state index in [2.05, 4.69) is 9.62 Å². The van der Waals surface area contributed by atoms with Crippen molar-refractivity contribution in [2.24, 2.45) is 5.92 Å². The van der Waals surface area contributed by atoms with Crippen LogP contribution in [0.15, 0.2) is 0 Å². The highest BCUT2D eigenvalue weighted by Crippen LogP contribution is 2.44. The van der Waals surface area contributed by atoms with Crippen molar-refractivity contribution in [3.05, 3.63) is 0 Å². The molecule has 0 aromatic carbocycles. The number of nitrogens with zero attached hydrogens (tertiary/aromatic N) is 1. The second-order valence-electron chi connectivity index (χ2n) is 5.56. The molecule has 0 spiro atoms. The van der Waals surface area contributed by atoms with Crippen LogP contribution in [0, 0.1) is 5.92 Å². The molecule has 5 nitrogen and oxygen atoms in total. The molecule has 0 aromatic heterocycles. The van der Waals surface area contributed by atoms with E-state index in [9.17, 15) is 13.5 Å². The Bertz CT molecular complexity index is 381. The third kappa shape index (κ3) is 3.66. The van der Waals surface area contributed by atoms with Gasteiger partial charge in [0.2, 0.25) is 10.0 Å². The van der Waals surface area contributed by atoms with E-state index in [1.165, 1.54) is 12.8 Å². The van der Waals surface area contributed by atoms with E-state index in [0.717, 1.165) is 32.5 Å². The first-order chi connectivity index (χ1) is 8.45. The summed E-state index contributed by atoms with van der Waals surface area (Å²) in [4.78, 5) is 2.25. The van der Waals surface area contributed by atoms with E-state index in [1.807, 2.05) is 0 Å². The molecule has 1 atom stereocenters. The predicted octanol–water partition coefficient (Wildman–Crippen LogP) is 0.163. The van der Waals surface area contributed by atoms with Crippen molar-refractivity contribution in [2.45, 2.75) is 38.2 Å². The minimum atomic E-state index is -3.06. The summed E-state index contributed by atoms with van der Waals surface area (Å²) in [6.45, 7) is 4.69. The highest BCUT2D eigenvalue weighted by atomic mass is 32.2. The van der Waals surface area contributed by atoms with Crippen LogP contribution >= 0.6 is 0 Å². The number of aliphatic hydroxyl groups is 1. The summed E-state index contributed by atoms with van der Waals surface area (Å²) < 4.78 is 25.0. The molecule has 1 heterocycles. The summed E-state index contributed by atoms with van der Waals surface area (Å²) in [5.74, 6) is 0.652. The Morgan fingerprint density at radius 3 is 2.78 bits per heavy atom. The first kappa shape index (κ1) is 14.2. The number of likely N-dealkylation sites (tertiary alicyclic amines) is 1. The fraction of sp³-hybridized carbons (Fsp3) is 1.00. The maximum absolute atomic E-state index is 11.2. The van der Waals surface area contributed by atoms with Crippen molar-refractivity contribution in [1.29, 1.82) is 0 Å². The van der Waals surface area contributed by atoms with Gasteiger partial charge < -0.3 is 10.0 Å². The van der Waals surface area contributed by atoms with Crippen molar-refractivity contribution in [1.82, 2.24) is 9.62 Å². The van der Waals surface area contributed by atoms with Gasteiger partial charge in [-0.2, -0.15) is 0 Å². The van der Waals surface area contributed by atoms with Crippen LogP contribution in [-0.2, 0) is 10.0 Å². The van der Waals surface area contributed by atoms with Gasteiger partial charge in [-0.25, -0.2) is 13.1 Å². The molecule has 2 fully saturated rings. The lowest BCUT2D eigenvalue weighted by Gasteiger charge is -2.23. The Kier molecular flexibility index (Phi) is 4.31. The quantitative estimate of drug-likeness (QED) is 0.650. The van der Waals surface area contributed by atoms with Gasteiger partial charge in [-0.3, -0.25) is 0 Å². The molecule has 2 rings (SSSR count). The Labute approximate surface area is 110 Å². The lowest BCUT2D eigenvalue weighted by molar-refractivity contribution is 0.0270. The summed E-state index contributed by atoms with van der Waals surface area (Å²) in [7, 11) is -3.06. The topological polar surface area (TPSA) is 69.6 Å². The van der Waals surface area contributed by atoms with Crippen LogP contribution in [0.5, 0.6) is 0 Å². The highest BCUT2D eigenvalue weighted by molar-refractivity contribution is 7.89. The van der Waals surface area contributed by atoms with Gasteiger partial charge in [0.1, 0.15) is 0 Å². The predicted molar refractivity (Wildman–Crippen MR) is 70.8 cm³/mol. The number of sulfonamides is 1. The van der Waals surface area contributed by atoms with Gasteiger partial charge in [0.15, 0.2) is 0 Å². The Balaban J connectivity index is 1.64. The first-order valence-electron chi connectivity index (χ1n) is 6.87. The van der Waals surface area contributed by atoms with Crippen LogP contribution in [0.1, 0.15) is 32.6 Å². The summed E-state index contributed by atoms with van der Waals surface area (Å²) >= 11 is 0. The molecule has 1 unspecified atom stereocenters. The van der Waals surface area contributed by atoms with Gasteiger partial charge in [0.25, 0.3) is 0 Å². The van der Waals surface area contributed by atoms with Crippen molar-refractivity contribution >= 4 is 10.0 Å². The van der Waals surface area contributed by atoms with Crippen LogP contribution in [0.2, 0.25) is 0 Å². The Morgan fingerprint density at radius 1 is 1.44 bits per heavy atom. The second-order valence-corrected chi connectivity index (χ2v) is 7.65. The molecule has 1 saturated carbocycles. The van der Waals surface area contributed by atoms with Gasteiger partial charge in [-0.05, 0) is 45.1 Å². The number of hydrogen-bond donors (Lipinski definition) is 2. The van der Waals surface area contributed by atoms with E-state index in [-0.39, 0.29) is 5.75 Å². The fourth-order valence-corrected chi connectivity index (χ4v) is 3.33. The maximum atomic E-state index is 11.2. The zero-order valence-electron chi connectivity index (χ0n) is 11.1. The molecule has 2 N–H and O–H groups in total. The van der Waals surface area contributed by atoms with Crippen molar-refractivity contribution in [3.63, 3.8) is 0 Å². The largest absolute Gasteiger partial charge is 0.388 e. The fourth-order valence-electron chi connectivity index (χ4n) is 2.67. The number of nitrogens with one attached hydrogen (secondary N) is 1. The number of β-amino-alcohol motifs (C(OH)–C–C–N with tert-alkyl or cyclic N) is 1. The molecular weight excluding hydrogens is 252 g/mol. The van der Waals surface area contributed by atoms with E-state index in [1.54, 1.807) is 6.92 Å². The van der Waals surface area contributed by atoms with Crippen molar-refractivity contribution in [3.8, 4) is 0 Å². The molecule has 2 aliphatic rings. The van der Waals surface area contributed by atoms with Crippen LogP contribution in [0.4, 0.5) is 0 Å². The van der Waals surface area contributed by atoms with Gasteiger partial charge in [-0.15, -0.1) is 0 Å². The summed E-state index contributed by atoms with van der Waals surface area (Å²) in [5.41, 5.74) is -0.455. The summed E-state index contributed by atoms with van der Waals surface area (Å²) in [6, 6.07) is 0. The van der Waals surface area contributed by atoms with Crippen molar-refractivity contribution in [2.75, 3.05) is 31.9 Å². The zero-order valence-corrected chi connectivity index (χ0v) is 11.9. The maximum Gasteiger partial charge on any atom is 0.211 e. The molecule has 0 radical (unpaired) electrons. The van der Waals surface area contributed by atoms with Crippen molar-refractivity contribution < 1.29 is 13.5 Å². The average molecular weight is 276 g/mol. The van der Waals surface area contributed by atoms with E-state index in [0.29, 0.717) is 12.5 Å². The van der Waals surface area contributed by atoms with Gasteiger partial charge in [0.05, 0.1) is 11.4 Å². The molecule has 1 aliphatic heterocycles. The Morgan fingerprint density at radius 2 is 2.17 bits per heavy atom. The van der Waals surface area contributed by atoms with Crippen LogP contribution in [-0.4, -0.2) is 56.0 Å². The van der Waals surface area contributed by atoms with Crippen LogP contribution < -0.4 is 4.72 Å². The standard InChI is InChI=1S/C12H24N2O3S/c1-2-18(16,17)13-7-3-8-14-9-6-12(15,10-14)11-4-5-11/h11,13,15H,2-10H2,1H3. The first-order valence-corrected chi connectivity index (χ1v) is 8.52. The van der Waals surface area contributed by atoms with Gasteiger partial charge in [-0.1, -0.05) is 0 Å². The molecule has 0 amide bonds. The number of hydrogen-bond acceptors (Lipinski definition) is 4. The van der Waals surface area contributed by atoms with Gasteiger partial charge in [0, 0.05) is 19.6 Å². The van der Waals surface area contributed by atoms with Crippen LogP contribution in [0.25, 0.3) is 0 Å². The smallest absolute Gasteiger partial charge is 0.211 e. The monoisotopic (exact) mass is 276 g/mol. The molecule has 0 bridgehead atoms. The molecular formula is C12H24N2O3S. The molecule has 1 saturated heterocycles. The van der Waals surface area contributed by atoms with E-state index >= 15 is 0 Å². The highest BCUT2D eigenvalue weighted by Gasteiger charge is 2.47. The molecule has 18 heavy (non-hydrogen) atoms. The molecule has 106 valence electrons. The third-order valence-electron chi connectivity index (χ3n) is 4.05. The van der Waals surface area contributed by atoms with Gasteiger partial charge >= 0.3 is 0 Å². The summed E-state index contributed by atoms with van der Waals surface area (Å²) in [5, 5.41) is 10.4.